The predicted octanol–water partition coefficient (Wildman–Crippen LogP) is 3.59. The lowest BCUT2D eigenvalue weighted by Crippen LogP contribution is -2.00. The number of hydrogen-bond acceptors (Lipinski definition) is 8. The molecule has 0 saturated carbocycles. The van der Waals surface area contributed by atoms with Gasteiger partial charge in [0.1, 0.15) is 12.0 Å². The van der Waals surface area contributed by atoms with Gasteiger partial charge in [0.2, 0.25) is 11.7 Å². The van der Waals surface area contributed by atoms with Crippen LogP contribution in [0, 0.1) is 0 Å². The topological polar surface area (TPSA) is 110 Å². The van der Waals surface area contributed by atoms with E-state index < -0.39 is 0 Å². The molecule has 5 aromatic rings. The van der Waals surface area contributed by atoms with Gasteiger partial charge in [0.25, 0.3) is 0 Å². The van der Waals surface area contributed by atoms with Gasteiger partial charge in [-0.25, -0.2) is 15.0 Å². The number of carbonyl (C=O) groups is 1. The summed E-state index contributed by atoms with van der Waals surface area (Å²) in [5.41, 5.74) is 2.69. The first-order valence-electron chi connectivity index (χ1n) is 10.2. The lowest BCUT2D eigenvalue weighted by atomic mass is 10.1. The van der Waals surface area contributed by atoms with Crippen molar-refractivity contribution in [3.05, 3.63) is 91.6 Å². The van der Waals surface area contributed by atoms with Crippen LogP contribution in [0.3, 0.4) is 0 Å². The maximum atomic E-state index is 12.4. The van der Waals surface area contributed by atoms with Crippen molar-refractivity contribution in [3.63, 3.8) is 0 Å². The number of furan rings is 1. The minimum atomic E-state index is -0.273. The fraction of sp³-hybridized carbons (Fsp3) is 0.125. The number of imidazole rings is 2. The summed E-state index contributed by atoms with van der Waals surface area (Å²) in [4.78, 5) is 28.7. The number of rotatable bonds is 6. The van der Waals surface area contributed by atoms with E-state index in [-0.39, 0.29) is 17.6 Å². The fourth-order valence-electron chi connectivity index (χ4n) is 3.08. The molecule has 1 aromatic carbocycles. The van der Waals surface area contributed by atoms with Crippen LogP contribution in [0.5, 0.6) is 11.9 Å². The van der Waals surface area contributed by atoms with Crippen molar-refractivity contribution >= 4 is 5.78 Å². The number of aromatic nitrogens is 6. The Hall–Kier alpha value is -4.73. The Morgan fingerprint density at radius 1 is 1.06 bits per heavy atom. The van der Waals surface area contributed by atoms with E-state index in [0.717, 1.165) is 16.8 Å². The van der Waals surface area contributed by atoms with Crippen molar-refractivity contribution in [1.29, 1.82) is 0 Å². The number of methoxy groups -OCH3 is 2. The number of ether oxygens (including phenoxy) is 2. The van der Waals surface area contributed by atoms with Gasteiger partial charge in [-0.1, -0.05) is 12.1 Å². The van der Waals surface area contributed by atoms with Crippen LogP contribution >= 0.6 is 0 Å². The number of ketones is 1. The molecule has 172 valence electrons. The minimum Gasteiger partial charge on any atom is -0.480 e. The maximum absolute atomic E-state index is 12.4. The summed E-state index contributed by atoms with van der Waals surface area (Å²) in [6.07, 6.45) is 11.7. The normalized spacial score (nSPS) is 10.3. The third-order valence-corrected chi connectivity index (χ3v) is 4.76. The van der Waals surface area contributed by atoms with Gasteiger partial charge >= 0.3 is 6.01 Å². The number of nitrogens with zero attached hydrogens (tertiary/aromatic N) is 6. The molecule has 0 spiro atoms. The van der Waals surface area contributed by atoms with Crippen LogP contribution in [0.4, 0.5) is 0 Å². The summed E-state index contributed by atoms with van der Waals surface area (Å²) < 4.78 is 19.2. The average Bonchev–Trinajstić information content (AvgIpc) is 3.67. The number of carbonyl (C=O) groups excluding carboxylic acids is 1. The molecule has 4 heterocycles. The zero-order valence-corrected chi connectivity index (χ0v) is 18.8. The van der Waals surface area contributed by atoms with Gasteiger partial charge in [-0.05, 0) is 29.8 Å². The van der Waals surface area contributed by atoms with Gasteiger partial charge in [0.05, 0.1) is 32.4 Å². The molecule has 34 heavy (non-hydrogen) atoms. The number of hydrogen-bond donors (Lipinski definition) is 0. The summed E-state index contributed by atoms with van der Waals surface area (Å²) >= 11 is 0. The van der Waals surface area contributed by atoms with E-state index in [1.54, 1.807) is 47.9 Å². The molecule has 0 amide bonds. The summed E-state index contributed by atoms with van der Waals surface area (Å²) in [6, 6.07) is 11.1. The van der Waals surface area contributed by atoms with Gasteiger partial charge in [-0.3, -0.25) is 4.79 Å². The van der Waals surface area contributed by atoms with E-state index in [1.165, 1.54) is 20.5 Å². The minimum absolute atomic E-state index is 0.229. The number of aryl methyl sites for hydroxylation is 1. The van der Waals surface area contributed by atoms with E-state index in [1.807, 2.05) is 42.1 Å². The van der Waals surface area contributed by atoms with E-state index in [0.29, 0.717) is 11.6 Å². The highest BCUT2D eigenvalue weighted by molar-refractivity contribution is 6.05. The van der Waals surface area contributed by atoms with Gasteiger partial charge in [0, 0.05) is 37.5 Å². The Labute approximate surface area is 195 Å². The smallest absolute Gasteiger partial charge is 0.319 e. The monoisotopic (exact) mass is 458 g/mol. The molecule has 0 unspecified atom stereocenters. The standard InChI is InChI=1S/C20H16N4O4.C4H6N2/c1-26-19-15(10-21-20(23-19)27-2)13-5-3-6-14(9-13)24-11-16(22-12-24)18(25)17-7-4-8-28-17;1-6-3-2-5-4-6/h3-12H,1-2H3;2-4H,1H3. The van der Waals surface area contributed by atoms with Crippen molar-refractivity contribution in [3.8, 4) is 28.7 Å². The molecule has 0 aliphatic rings. The van der Waals surface area contributed by atoms with Crippen LogP contribution < -0.4 is 9.47 Å². The van der Waals surface area contributed by atoms with Crippen molar-refractivity contribution in [2.45, 2.75) is 0 Å². The second-order valence-corrected chi connectivity index (χ2v) is 7.03. The first-order chi connectivity index (χ1) is 16.6. The zero-order valence-electron chi connectivity index (χ0n) is 18.8. The molecule has 0 saturated heterocycles. The lowest BCUT2D eigenvalue weighted by Gasteiger charge is -2.10. The number of benzene rings is 1. The van der Waals surface area contributed by atoms with Crippen molar-refractivity contribution in [1.82, 2.24) is 29.1 Å². The van der Waals surface area contributed by atoms with Gasteiger partial charge in [-0.2, -0.15) is 4.98 Å². The summed E-state index contributed by atoms with van der Waals surface area (Å²) in [5, 5.41) is 0. The maximum Gasteiger partial charge on any atom is 0.319 e. The molecule has 0 bridgehead atoms. The molecule has 5 rings (SSSR count). The molecule has 4 aromatic heterocycles. The molecule has 0 aliphatic heterocycles. The Bertz CT molecular complexity index is 1360. The van der Waals surface area contributed by atoms with Crippen LogP contribution in [0.25, 0.3) is 16.8 Å². The summed E-state index contributed by atoms with van der Waals surface area (Å²) in [7, 11) is 4.97. The molecule has 0 atom stereocenters. The molecule has 0 fully saturated rings. The highest BCUT2D eigenvalue weighted by atomic mass is 16.5. The second kappa shape index (κ2) is 10.3. The largest absolute Gasteiger partial charge is 0.480 e. The molecule has 0 aliphatic carbocycles. The first kappa shape index (κ1) is 22.5. The van der Waals surface area contributed by atoms with E-state index in [9.17, 15) is 4.79 Å². The zero-order chi connectivity index (χ0) is 23.9. The van der Waals surface area contributed by atoms with Crippen LogP contribution in [-0.2, 0) is 7.05 Å². The molecule has 10 nitrogen and oxygen atoms in total. The first-order valence-corrected chi connectivity index (χ1v) is 10.2. The van der Waals surface area contributed by atoms with Crippen LogP contribution in [-0.4, -0.2) is 49.1 Å². The fourth-order valence-corrected chi connectivity index (χ4v) is 3.08. The summed E-state index contributed by atoms with van der Waals surface area (Å²) in [6.45, 7) is 0. The van der Waals surface area contributed by atoms with Gasteiger partial charge < -0.3 is 23.0 Å². The van der Waals surface area contributed by atoms with E-state index in [2.05, 4.69) is 19.9 Å². The van der Waals surface area contributed by atoms with Crippen LogP contribution in [0.2, 0.25) is 0 Å². The lowest BCUT2D eigenvalue weighted by molar-refractivity contribution is 0.100. The predicted molar refractivity (Wildman–Crippen MR) is 123 cm³/mol. The molecule has 0 radical (unpaired) electrons. The van der Waals surface area contributed by atoms with Gasteiger partial charge in [-0.15, -0.1) is 0 Å². The average molecular weight is 458 g/mol. The summed E-state index contributed by atoms with van der Waals surface area (Å²) in [5.74, 6) is 0.382. The van der Waals surface area contributed by atoms with E-state index in [4.69, 9.17) is 13.9 Å². The van der Waals surface area contributed by atoms with Crippen molar-refractivity contribution in [2.24, 2.45) is 7.05 Å². The molecule has 10 heteroatoms. The highest BCUT2D eigenvalue weighted by Gasteiger charge is 2.16. The van der Waals surface area contributed by atoms with Crippen molar-refractivity contribution < 1.29 is 18.7 Å². The quantitative estimate of drug-likeness (QED) is 0.355. The van der Waals surface area contributed by atoms with Crippen LogP contribution in [0.15, 0.2) is 84.5 Å². The molecule has 0 N–H and O–H groups in total. The van der Waals surface area contributed by atoms with Crippen molar-refractivity contribution in [2.75, 3.05) is 14.2 Å². The second-order valence-electron chi connectivity index (χ2n) is 7.03. The molecular weight excluding hydrogens is 436 g/mol. The van der Waals surface area contributed by atoms with E-state index >= 15 is 0 Å². The molecular formula is C24H22N6O4. The Morgan fingerprint density at radius 3 is 2.59 bits per heavy atom. The Kier molecular flexibility index (Phi) is 6.78. The van der Waals surface area contributed by atoms with Crippen LogP contribution in [0.1, 0.15) is 16.2 Å². The highest BCUT2D eigenvalue weighted by Crippen LogP contribution is 2.30. The Balaban J connectivity index is 0.000000398. The SMILES string of the molecule is COc1ncc(-c2cccc(-n3cnc(C(=O)c4ccco4)c3)c2)c(OC)n1.Cn1ccnc1. The third-order valence-electron chi connectivity index (χ3n) is 4.76. The van der Waals surface area contributed by atoms with Gasteiger partial charge in [0.15, 0.2) is 5.76 Å². The Morgan fingerprint density at radius 2 is 1.94 bits per heavy atom. The third kappa shape index (κ3) is 5.01.